The van der Waals surface area contributed by atoms with Gasteiger partial charge in [0.15, 0.2) is 0 Å². The molecule has 0 spiro atoms. The van der Waals surface area contributed by atoms with E-state index in [1.54, 1.807) is 0 Å². The Bertz CT molecular complexity index is 239. The van der Waals surface area contributed by atoms with Crippen LogP contribution in [0.1, 0.15) is 72.1 Å². The Labute approximate surface area is 113 Å². The highest BCUT2D eigenvalue weighted by Gasteiger charge is 2.35. The molecule has 1 atom stereocenters. The van der Waals surface area contributed by atoms with Gasteiger partial charge in [0.1, 0.15) is 0 Å². The van der Waals surface area contributed by atoms with Crippen LogP contribution < -0.4 is 5.32 Å². The Morgan fingerprint density at radius 2 is 1.67 bits per heavy atom. The summed E-state index contributed by atoms with van der Waals surface area (Å²) in [4.78, 5) is 0. The minimum Gasteiger partial charge on any atom is -0.370 e. The summed E-state index contributed by atoms with van der Waals surface area (Å²) in [6, 6.07) is 0.795. The van der Waals surface area contributed by atoms with Gasteiger partial charge in [-0.25, -0.2) is 0 Å². The second-order valence-electron chi connectivity index (χ2n) is 6.82. The normalized spacial score (nSPS) is 26.0. The molecule has 1 unspecified atom stereocenters. The third kappa shape index (κ3) is 4.24. The molecule has 0 aromatic rings. The zero-order valence-corrected chi connectivity index (χ0v) is 12.5. The Morgan fingerprint density at radius 3 is 2.17 bits per heavy atom. The summed E-state index contributed by atoms with van der Waals surface area (Å²) in [5, 5.41) is 3.71. The van der Waals surface area contributed by atoms with E-state index in [1.165, 1.54) is 51.4 Å². The maximum atomic E-state index is 6.54. The molecule has 0 heterocycles. The van der Waals surface area contributed by atoms with Gasteiger partial charge < -0.3 is 10.1 Å². The van der Waals surface area contributed by atoms with Crippen LogP contribution in [0.25, 0.3) is 0 Å². The van der Waals surface area contributed by atoms with Gasteiger partial charge in [-0.1, -0.05) is 39.5 Å². The topological polar surface area (TPSA) is 21.3 Å². The summed E-state index contributed by atoms with van der Waals surface area (Å²) in [5.74, 6) is 0.617. The molecule has 0 aromatic carbocycles. The highest BCUT2D eigenvalue weighted by molar-refractivity contribution is 4.91. The van der Waals surface area contributed by atoms with Gasteiger partial charge in [-0.3, -0.25) is 0 Å². The van der Waals surface area contributed by atoms with E-state index in [9.17, 15) is 0 Å². The summed E-state index contributed by atoms with van der Waals surface area (Å²) in [6.45, 7) is 7.86. The second-order valence-corrected chi connectivity index (χ2v) is 6.82. The van der Waals surface area contributed by atoms with E-state index in [-0.39, 0.29) is 5.60 Å². The first-order valence-corrected chi connectivity index (χ1v) is 8.02. The molecule has 2 fully saturated rings. The molecule has 2 aliphatic carbocycles. The van der Waals surface area contributed by atoms with E-state index in [0.29, 0.717) is 12.0 Å². The van der Waals surface area contributed by atoms with E-state index < -0.39 is 0 Å². The largest absolute Gasteiger partial charge is 0.370 e. The summed E-state index contributed by atoms with van der Waals surface area (Å²) in [5.41, 5.74) is 0.128. The van der Waals surface area contributed by atoms with Gasteiger partial charge in [0.05, 0.1) is 11.7 Å². The van der Waals surface area contributed by atoms with Crippen molar-refractivity contribution in [2.45, 2.75) is 89.9 Å². The van der Waals surface area contributed by atoms with Crippen molar-refractivity contribution in [1.29, 1.82) is 0 Å². The van der Waals surface area contributed by atoms with E-state index in [1.807, 2.05) is 0 Å². The van der Waals surface area contributed by atoms with Crippen LogP contribution in [0.4, 0.5) is 0 Å². The molecule has 2 rings (SSSR count). The summed E-state index contributed by atoms with van der Waals surface area (Å²) < 4.78 is 6.54. The molecule has 1 N–H and O–H groups in total. The smallest absolute Gasteiger partial charge is 0.0810 e. The average molecular weight is 253 g/mol. The number of hydrogen-bond donors (Lipinski definition) is 1. The molecule has 2 saturated carbocycles. The summed E-state index contributed by atoms with van der Waals surface area (Å²) in [7, 11) is 0. The van der Waals surface area contributed by atoms with E-state index >= 15 is 0 Å². The third-order valence-corrected chi connectivity index (χ3v) is 4.68. The fourth-order valence-electron chi connectivity index (χ4n) is 2.86. The van der Waals surface area contributed by atoms with Crippen molar-refractivity contribution in [2.75, 3.05) is 6.54 Å². The van der Waals surface area contributed by atoms with Crippen LogP contribution in [-0.2, 0) is 4.74 Å². The standard InChI is InChI=1S/C16H31NO/c1-13(2)14(3)18-16(12-17-15-8-9-15)10-6-4-5-7-11-16/h13-15,17H,4-12H2,1-3H3. The monoisotopic (exact) mass is 253 g/mol. The lowest BCUT2D eigenvalue weighted by Crippen LogP contribution is -2.46. The van der Waals surface area contributed by atoms with Gasteiger partial charge >= 0.3 is 0 Å². The molecule has 0 aromatic heterocycles. The molecule has 0 radical (unpaired) electrons. The number of nitrogens with one attached hydrogen (secondary N) is 1. The lowest BCUT2D eigenvalue weighted by molar-refractivity contribution is -0.109. The fourth-order valence-corrected chi connectivity index (χ4v) is 2.86. The number of rotatable bonds is 6. The lowest BCUT2D eigenvalue weighted by atomic mass is 9.93. The molecule has 0 amide bonds. The van der Waals surface area contributed by atoms with Crippen LogP contribution >= 0.6 is 0 Å². The zero-order valence-electron chi connectivity index (χ0n) is 12.5. The van der Waals surface area contributed by atoms with Gasteiger partial charge in [-0.15, -0.1) is 0 Å². The Balaban J connectivity index is 1.94. The van der Waals surface area contributed by atoms with E-state index in [2.05, 4.69) is 26.1 Å². The predicted molar refractivity (Wildman–Crippen MR) is 76.8 cm³/mol. The van der Waals surface area contributed by atoms with Gasteiger partial charge in [-0.05, 0) is 38.5 Å². The highest BCUT2D eigenvalue weighted by atomic mass is 16.5. The number of hydrogen-bond acceptors (Lipinski definition) is 2. The second kappa shape index (κ2) is 6.38. The van der Waals surface area contributed by atoms with Crippen LogP contribution in [-0.4, -0.2) is 24.3 Å². The lowest BCUT2D eigenvalue weighted by Gasteiger charge is -2.37. The first kappa shape index (κ1) is 14.3. The van der Waals surface area contributed by atoms with Crippen LogP contribution in [0.3, 0.4) is 0 Å². The fraction of sp³-hybridized carbons (Fsp3) is 1.00. The van der Waals surface area contributed by atoms with E-state index in [4.69, 9.17) is 4.74 Å². The molecule has 2 aliphatic rings. The molecule has 0 bridgehead atoms. The number of ether oxygens (including phenoxy) is 1. The van der Waals surface area contributed by atoms with E-state index in [0.717, 1.165) is 12.6 Å². The van der Waals surface area contributed by atoms with Crippen molar-refractivity contribution in [3.8, 4) is 0 Å². The summed E-state index contributed by atoms with van der Waals surface area (Å²) in [6.07, 6.45) is 11.1. The van der Waals surface area contributed by atoms with Crippen LogP contribution in [0.5, 0.6) is 0 Å². The van der Waals surface area contributed by atoms with Gasteiger partial charge in [0.2, 0.25) is 0 Å². The predicted octanol–water partition coefficient (Wildman–Crippen LogP) is 3.89. The van der Waals surface area contributed by atoms with Gasteiger partial charge in [0.25, 0.3) is 0 Å². The Hall–Kier alpha value is -0.0800. The highest BCUT2D eigenvalue weighted by Crippen LogP contribution is 2.33. The maximum absolute atomic E-state index is 6.54. The van der Waals surface area contributed by atoms with Crippen molar-refractivity contribution in [3.05, 3.63) is 0 Å². The molecule has 0 aliphatic heterocycles. The molecular formula is C16H31NO. The SMILES string of the molecule is CC(C)C(C)OC1(CNC2CC2)CCCCCC1. The molecule has 106 valence electrons. The van der Waals surface area contributed by atoms with Crippen molar-refractivity contribution >= 4 is 0 Å². The van der Waals surface area contributed by atoms with Crippen molar-refractivity contribution in [2.24, 2.45) is 5.92 Å². The Kier molecular flexibility index (Phi) is 5.08. The molecule has 0 saturated heterocycles. The quantitative estimate of drug-likeness (QED) is 0.725. The van der Waals surface area contributed by atoms with Crippen LogP contribution in [0.15, 0.2) is 0 Å². The minimum absolute atomic E-state index is 0.128. The molecular weight excluding hydrogens is 222 g/mol. The van der Waals surface area contributed by atoms with Gasteiger partial charge in [0, 0.05) is 12.6 Å². The molecule has 2 nitrogen and oxygen atoms in total. The van der Waals surface area contributed by atoms with Crippen LogP contribution in [0.2, 0.25) is 0 Å². The van der Waals surface area contributed by atoms with Crippen molar-refractivity contribution < 1.29 is 4.74 Å². The van der Waals surface area contributed by atoms with Crippen molar-refractivity contribution in [3.63, 3.8) is 0 Å². The molecule has 2 heteroatoms. The average Bonchev–Trinajstić information content (AvgIpc) is 3.14. The van der Waals surface area contributed by atoms with Gasteiger partial charge in [-0.2, -0.15) is 0 Å². The Morgan fingerprint density at radius 1 is 1.06 bits per heavy atom. The first-order valence-electron chi connectivity index (χ1n) is 8.02. The molecule has 18 heavy (non-hydrogen) atoms. The zero-order chi connectivity index (χ0) is 13.0. The van der Waals surface area contributed by atoms with Crippen LogP contribution in [0, 0.1) is 5.92 Å². The third-order valence-electron chi connectivity index (χ3n) is 4.68. The van der Waals surface area contributed by atoms with Crippen molar-refractivity contribution in [1.82, 2.24) is 5.32 Å². The maximum Gasteiger partial charge on any atom is 0.0810 e. The summed E-state index contributed by atoms with van der Waals surface area (Å²) >= 11 is 0. The first-order chi connectivity index (χ1) is 8.61. The minimum atomic E-state index is 0.128.